The molecular formula is C23H17N3O3. The molecule has 0 fully saturated rings. The fourth-order valence-electron chi connectivity index (χ4n) is 3.32. The summed E-state index contributed by atoms with van der Waals surface area (Å²) in [5.41, 5.74) is 4.22. The van der Waals surface area contributed by atoms with Gasteiger partial charge in [-0.2, -0.15) is 14.2 Å². The van der Waals surface area contributed by atoms with Crippen molar-refractivity contribution in [1.29, 1.82) is 0 Å². The van der Waals surface area contributed by atoms with Crippen molar-refractivity contribution in [3.05, 3.63) is 142 Å². The molecule has 0 atom stereocenters. The Hall–Kier alpha value is -4.19. The van der Waals surface area contributed by atoms with Gasteiger partial charge in [0.25, 0.3) is 0 Å². The summed E-state index contributed by atoms with van der Waals surface area (Å²) < 4.78 is 2.16. The summed E-state index contributed by atoms with van der Waals surface area (Å²) in [5, 5.41) is 36.0. The summed E-state index contributed by atoms with van der Waals surface area (Å²) in [7, 11) is 0. The van der Waals surface area contributed by atoms with Crippen LogP contribution in [0.25, 0.3) is 11.1 Å². The van der Waals surface area contributed by atoms with Crippen molar-refractivity contribution in [2.24, 2.45) is 0 Å². The average molecular weight is 383 g/mol. The van der Waals surface area contributed by atoms with Gasteiger partial charge in [0, 0.05) is 46.0 Å². The molecule has 0 aliphatic carbocycles. The van der Waals surface area contributed by atoms with E-state index < -0.39 is 0 Å². The van der Waals surface area contributed by atoms with E-state index in [1.54, 1.807) is 18.2 Å². The van der Waals surface area contributed by atoms with Crippen LogP contribution in [0.2, 0.25) is 0 Å². The zero-order valence-corrected chi connectivity index (χ0v) is 15.4. The Balaban J connectivity index is 2.13. The lowest BCUT2D eigenvalue weighted by molar-refractivity contribution is -0.606. The zero-order valence-electron chi connectivity index (χ0n) is 15.4. The number of pyridine rings is 3. The molecule has 3 aromatic heterocycles. The van der Waals surface area contributed by atoms with Crippen LogP contribution in [-0.4, -0.2) is 0 Å². The Morgan fingerprint density at radius 1 is 0.448 bits per heavy atom. The Bertz CT molecular complexity index is 1140. The number of benzene rings is 1. The molecule has 6 heteroatoms. The Kier molecular flexibility index (Phi) is 4.90. The number of hydrogen-bond donors (Lipinski definition) is 0. The molecule has 29 heavy (non-hydrogen) atoms. The summed E-state index contributed by atoms with van der Waals surface area (Å²) in [5.74, 6) is 0. The van der Waals surface area contributed by atoms with Gasteiger partial charge in [-0.3, -0.25) is 0 Å². The fraction of sp³-hybridized carbons (Fsp3) is 0. The third kappa shape index (κ3) is 3.91. The van der Waals surface area contributed by atoms with Crippen LogP contribution in [0.1, 0.15) is 22.3 Å². The van der Waals surface area contributed by atoms with Crippen molar-refractivity contribution < 1.29 is 14.2 Å². The van der Waals surface area contributed by atoms with E-state index in [4.69, 9.17) is 0 Å². The molecule has 0 bridgehead atoms. The van der Waals surface area contributed by atoms with Crippen LogP contribution in [0, 0.1) is 15.6 Å². The van der Waals surface area contributed by atoms with Gasteiger partial charge in [0.05, 0.1) is 0 Å². The maximum absolute atomic E-state index is 12.0. The highest BCUT2D eigenvalue weighted by molar-refractivity contribution is 6.03. The molecule has 0 saturated carbocycles. The number of rotatable bonds is 4. The van der Waals surface area contributed by atoms with Gasteiger partial charge in [-0.25, -0.2) is 0 Å². The van der Waals surface area contributed by atoms with Crippen molar-refractivity contribution in [1.82, 2.24) is 0 Å². The summed E-state index contributed by atoms with van der Waals surface area (Å²) >= 11 is 0. The highest BCUT2D eigenvalue weighted by Crippen LogP contribution is 2.35. The molecule has 0 N–H and O–H groups in total. The van der Waals surface area contributed by atoms with Crippen molar-refractivity contribution in [2.75, 3.05) is 0 Å². The predicted octanol–water partition coefficient (Wildman–Crippen LogP) is 2.59. The van der Waals surface area contributed by atoms with Gasteiger partial charge >= 0.3 is 0 Å². The van der Waals surface area contributed by atoms with Gasteiger partial charge in [0.2, 0.25) is 0 Å². The summed E-state index contributed by atoms with van der Waals surface area (Å²) in [4.78, 5) is 0. The number of nitrogens with zero attached hydrogens (tertiary/aromatic N) is 3. The van der Waals surface area contributed by atoms with Crippen molar-refractivity contribution in [3.8, 4) is 0 Å². The largest absolute Gasteiger partial charge is 0.619 e. The highest BCUT2D eigenvalue weighted by atomic mass is 16.5. The second kappa shape index (κ2) is 7.82. The highest BCUT2D eigenvalue weighted by Gasteiger charge is 2.20. The van der Waals surface area contributed by atoms with E-state index in [-0.39, 0.29) is 0 Å². The summed E-state index contributed by atoms with van der Waals surface area (Å²) in [6, 6.07) is 20.0. The Labute approximate surface area is 167 Å². The number of hydrogen-bond acceptors (Lipinski definition) is 3. The van der Waals surface area contributed by atoms with Crippen LogP contribution in [0.5, 0.6) is 0 Å². The lowest BCUT2D eigenvalue weighted by Gasteiger charge is -2.16. The van der Waals surface area contributed by atoms with Crippen LogP contribution >= 0.6 is 0 Å². The van der Waals surface area contributed by atoms with Crippen LogP contribution in [0.4, 0.5) is 0 Å². The van der Waals surface area contributed by atoms with Crippen LogP contribution < -0.4 is 14.2 Å². The lowest BCUT2D eigenvalue weighted by Crippen LogP contribution is -2.27. The quantitative estimate of drug-likeness (QED) is 0.401. The van der Waals surface area contributed by atoms with E-state index in [9.17, 15) is 15.6 Å². The lowest BCUT2D eigenvalue weighted by atomic mass is 9.87. The van der Waals surface area contributed by atoms with Crippen LogP contribution in [0.3, 0.4) is 0 Å². The minimum Gasteiger partial charge on any atom is -0.619 e. The maximum Gasteiger partial charge on any atom is 0.188 e. The van der Waals surface area contributed by atoms with E-state index in [0.717, 1.165) is 15.9 Å². The molecule has 0 spiro atoms. The molecule has 0 amide bonds. The first-order chi connectivity index (χ1) is 14.1. The van der Waals surface area contributed by atoms with E-state index in [1.807, 2.05) is 48.5 Å². The maximum atomic E-state index is 12.0. The van der Waals surface area contributed by atoms with Gasteiger partial charge < -0.3 is 15.6 Å². The third-order valence-electron chi connectivity index (χ3n) is 4.50. The molecule has 142 valence electrons. The molecule has 3 heterocycles. The first kappa shape index (κ1) is 18.2. The van der Waals surface area contributed by atoms with E-state index >= 15 is 0 Å². The normalized spacial score (nSPS) is 10.5. The van der Waals surface area contributed by atoms with Crippen LogP contribution in [-0.2, 0) is 0 Å². The topological polar surface area (TPSA) is 80.8 Å². The summed E-state index contributed by atoms with van der Waals surface area (Å²) in [6.45, 7) is 0. The average Bonchev–Trinajstić information content (AvgIpc) is 2.72. The molecule has 6 nitrogen and oxygen atoms in total. The van der Waals surface area contributed by atoms with Gasteiger partial charge in [-0.1, -0.05) is 30.3 Å². The zero-order chi connectivity index (χ0) is 20.2. The van der Waals surface area contributed by atoms with E-state index in [1.165, 1.54) is 37.2 Å². The molecule has 4 rings (SSSR count). The van der Waals surface area contributed by atoms with Crippen molar-refractivity contribution >= 4 is 11.1 Å². The minimum atomic E-state index is 0.633. The second-order valence-corrected chi connectivity index (χ2v) is 6.47. The Morgan fingerprint density at radius 2 is 0.793 bits per heavy atom. The van der Waals surface area contributed by atoms with Gasteiger partial charge in [-0.05, 0) is 23.8 Å². The Morgan fingerprint density at radius 3 is 1.17 bits per heavy atom. The second-order valence-electron chi connectivity index (χ2n) is 6.47. The van der Waals surface area contributed by atoms with Crippen molar-refractivity contribution in [3.63, 3.8) is 0 Å². The van der Waals surface area contributed by atoms with Gasteiger partial charge in [0.15, 0.2) is 37.2 Å². The number of aromatic nitrogens is 3. The predicted molar refractivity (Wildman–Crippen MR) is 108 cm³/mol. The van der Waals surface area contributed by atoms with E-state index in [2.05, 4.69) is 0 Å². The van der Waals surface area contributed by atoms with Gasteiger partial charge in [0.1, 0.15) is 0 Å². The fourth-order valence-corrected chi connectivity index (χ4v) is 3.32. The monoisotopic (exact) mass is 383 g/mol. The molecule has 0 aliphatic heterocycles. The van der Waals surface area contributed by atoms with Gasteiger partial charge in [-0.15, -0.1) is 0 Å². The first-order valence-corrected chi connectivity index (χ1v) is 8.99. The van der Waals surface area contributed by atoms with Crippen molar-refractivity contribution in [2.45, 2.75) is 0 Å². The molecule has 4 aromatic rings. The molecular weight excluding hydrogens is 366 g/mol. The van der Waals surface area contributed by atoms with E-state index in [0.29, 0.717) is 31.7 Å². The smallest absolute Gasteiger partial charge is 0.188 e. The standard InChI is InChI=1S/C23H17N3O3/c27-24-12-4-9-19(15-24)22(18-7-2-1-3-8-18)23(20-10-5-13-25(28)16-20)21-11-6-14-26(29)17-21/h1-17H. The SMILES string of the molecule is [O-][n+]1cccc(C(=C(c2ccc[n+]([O-])c2)c2ccc[n+]([O-])c2)c2ccccc2)c1. The first-order valence-electron chi connectivity index (χ1n) is 8.99. The molecule has 0 unspecified atom stereocenters. The third-order valence-corrected chi connectivity index (χ3v) is 4.50. The van der Waals surface area contributed by atoms with Crippen LogP contribution in [0.15, 0.2) is 104 Å². The minimum absolute atomic E-state index is 0.633. The molecule has 0 radical (unpaired) electrons. The molecule has 1 aromatic carbocycles. The summed E-state index contributed by atoms with van der Waals surface area (Å²) in [6.07, 6.45) is 8.59. The molecule has 0 saturated heterocycles. The molecule has 0 aliphatic rings.